The third-order valence-corrected chi connectivity index (χ3v) is 5.68. The van der Waals surface area contributed by atoms with Crippen molar-refractivity contribution in [3.05, 3.63) is 65.2 Å². The maximum Gasteiger partial charge on any atom is 0.408 e. The maximum absolute atomic E-state index is 13.1. The number of methoxy groups -OCH3 is 1. The van der Waals surface area contributed by atoms with Gasteiger partial charge in [0.15, 0.2) is 0 Å². The minimum absolute atomic E-state index is 0.214. The van der Waals surface area contributed by atoms with E-state index in [2.05, 4.69) is 10.6 Å². The molecule has 0 aliphatic carbocycles. The highest BCUT2D eigenvalue weighted by molar-refractivity contribution is 7.99. The maximum atomic E-state index is 13.1. The highest BCUT2D eigenvalue weighted by Gasteiger charge is 2.29. The van der Waals surface area contributed by atoms with Crippen LogP contribution in [0.15, 0.2) is 59.5 Å². The van der Waals surface area contributed by atoms with E-state index in [4.69, 9.17) is 21.1 Å². The molecule has 9 heteroatoms. The number of hydrogen-bond acceptors (Lipinski definition) is 6. The van der Waals surface area contributed by atoms with Gasteiger partial charge in [0.05, 0.1) is 7.11 Å². The Morgan fingerprint density at radius 3 is 2.18 bits per heavy atom. The van der Waals surface area contributed by atoms with E-state index in [1.165, 1.54) is 18.9 Å². The minimum Gasteiger partial charge on any atom is -0.467 e. The normalized spacial score (nSPS) is 12.9. The zero-order valence-electron chi connectivity index (χ0n) is 19.1. The van der Waals surface area contributed by atoms with Crippen LogP contribution in [0.3, 0.4) is 0 Å². The second-order valence-corrected chi connectivity index (χ2v) is 9.77. The number of amides is 2. The molecular weight excluding hydrogens is 464 g/mol. The van der Waals surface area contributed by atoms with Crippen molar-refractivity contribution in [2.45, 2.75) is 49.8 Å². The van der Waals surface area contributed by atoms with Gasteiger partial charge in [-0.2, -0.15) is 0 Å². The molecule has 2 N–H and O–H groups in total. The van der Waals surface area contributed by atoms with Crippen molar-refractivity contribution in [3.8, 4) is 0 Å². The van der Waals surface area contributed by atoms with Gasteiger partial charge in [0.1, 0.15) is 17.7 Å². The lowest BCUT2D eigenvalue weighted by Crippen LogP contribution is -2.54. The summed E-state index contributed by atoms with van der Waals surface area (Å²) in [6, 6.07) is 14.5. The fourth-order valence-electron chi connectivity index (χ4n) is 2.80. The molecule has 0 aliphatic heterocycles. The lowest BCUT2D eigenvalue weighted by atomic mass is 10.1. The van der Waals surface area contributed by atoms with Gasteiger partial charge in [0.2, 0.25) is 5.91 Å². The van der Waals surface area contributed by atoms with Crippen molar-refractivity contribution in [3.63, 3.8) is 0 Å². The van der Waals surface area contributed by atoms with Gasteiger partial charge in [-0.1, -0.05) is 41.9 Å². The molecule has 0 fully saturated rings. The summed E-state index contributed by atoms with van der Waals surface area (Å²) in [5.41, 5.74) is 0.136. The van der Waals surface area contributed by atoms with Crippen molar-refractivity contribution >= 4 is 41.3 Å². The van der Waals surface area contributed by atoms with E-state index in [-0.39, 0.29) is 12.2 Å². The van der Waals surface area contributed by atoms with Crippen molar-refractivity contribution in [1.82, 2.24) is 10.6 Å². The molecule has 2 rings (SSSR count). The van der Waals surface area contributed by atoms with Crippen LogP contribution in [0.5, 0.6) is 0 Å². The molecular formula is C24H29ClN2O5S. The number of carbonyl (C=O) groups excluding carboxylic acids is 3. The summed E-state index contributed by atoms with van der Waals surface area (Å²) in [4.78, 5) is 38.7. The van der Waals surface area contributed by atoms with Crippen LogP contribution in [-0.2, 0) is 25.5 Å². The van der Waals surface area contributed by atoms with E-state index >= 15 is 0 Å². The summed E-state index contributed by atoms with van der Waals surface area (Å²) >= 11 is 7.30. The average Bonchev–Trinajstić information content (AvgIpc) is 2.76. The second kappa shape index (κ2) is 12.5. The second-order valence-electron chi connectivity index (χ2n) is 8.24. The van der Waals surface area contributed by atoms with Gasteiger partial charge in [-0.15, -0.1) is 11.8 Å². The number of ether oxygens (including phenoxy) is 2. The van der Waals surface area contributed by atoms with Crippen molar-refractivity contribution < 1.29 is 23.9 Å². The summed E-state index contributed by atoms with van der Waals surface area (Å²) in [5, 5.41) is 5.92. The molecule has 2 aromatic rings. The van der Waals surface area contributed by atoms with Gasteiger partial charge in [0.25, 0.3) is 0 Å². The van der Waals surface area contributed by atoms with Gasteiger partial charge < -0.3 is 20.1 Å². The molecule has 0 spiro atoms. The fourth-order valence-corrected chi connectivity index (χ4v) is 3.85. The molecule has 0 saturated carbocycles. The number of benzene rings is 2. The van der Waals surface area contributed by atoms with E-state index in [0.29, 0.717) is 5.02 Å². The number of halogens is 1. The minimum atomic E-state index is -0.955. The number of alkyl carbamates (subject to hydrolysis) is 1. The first-order valence-electron chi connectivity index (χ1n) is 10.4. The zero-order valence-corrected chi connectivity index (χ0v) is 20.7. The monoisotopic (exact) mass is 492 g/mol. The Labute approximate surface area is 203 Å². The van der Waals surface area contributed by atoms with Gasteiger partial charge in [0, 0.05) is 22.1 Å². The Balaban J connectivity index is 2.15. The van der Waals surface area contributed by atoms with Gasteiger partial charge in [-0.25, -0.2) is 9.59 Å². The highest BCUT2D eigenvalue weighted by Crippen LogP contribution is 2.21. The van der Waals surface area contributed by atoms with Gasteiger partial charge in [-0.05, 0) is 50.6 Å². The third-order valence-electron chi connectivity index (χ3n) is 4.32. The molecule has 0 aromatic heterocycles. The predicted molar refractivity (Wildman–Crippen MR) is 129 cm³/mol. The Hall–Kier alpha value is -2.71. The first kappa shape index (κ1) is 26.5. The quantitative estimate of drug-likeness (QED) is 0.402. The molecule has 33 heavy (non-hydrogen) atoms. The van der Waals surface area contributed by atoms with E-state index in [0.717, 1.165) is 10.5 Å². The molecule has 0 bridgehead atoms. The summed E-state index contributed by atoms with van der Waals surface area (Å²) in [6.07, 6.45) is -0.472. The fraction of sp³-hybridized carbons (Fsp3) is 0.375. The first-order valence-corrected chi connectivity index (χ1v) is 11.7. The number of rotatable bonds is 9. The SMILES string of the molecule is COC(=O)[C@H](Cc1ccccc1)NC(=O)[C@H](CSc1ccc(Cl)cc1)NC(=O)OC(C)(C)C. The molecule has 0 aliphatic rings. The summed E-state index contributed by atoms with van der Waals surface area (Å²) in [6.45, 7) is 5.20. The first-order chi connectivity index (χ1) is 15.6. The molecule has 178 valence electrons. The van der Waals surface area contributed by atoms with Crippen molar-refractivity contribution in [2.75, 3.05) is 12.9 Å². The third kappa shape index (κ3) is 9.75. The smallest absolute Gasteiger partial charge is 0.408 e. The number of thioether (sulfide) groups is 1. The van der Waals surface area contributed by atoms with Crippen LogP contribution in [0.2, 0.25) is 5.02 Å². The van der Waals surface area contributed by atoms with Crippen LogP contribution >= 0.6 is 23.4 Å². The Bertz CT molecular complexity index is 932. The molecule has 0 heterocycles. The molecule has 0 radical (unpaired) electrons. The topological polar surface area (TPSA) is 93.7 Å². The van der Waals surface area contributed by atoms with Crippen LogP contribution < -0.4 is 10.6 Å². The summed E-state index contributed by atoms with van der Waals surface area (Å²) in [5.74, 6) is -0.881. The lowest BCUT2D eigenvalue weighted by Gasteiger charge is -2.25. The van der Waals surface area contributed by atoms with E-state index < -0.39 is 35.7 Å². The zero-order chi connectivity index (χ0) is 24.4. The van der Waals surface area contributed by atoms with Crippen LogP contribution in [0.25, 0.3) is 0 Å². The highest BCUT2D eigenvalue weighted by atomic mass is 35.5. The standard InChI is InChI=1S/C24H29ClN2O5S/c1-24(2,3)32-23(30)27-20(15-33-18-12-10-17(25)11-13-18)21(28)26-19(22(29)31-4)14-16-8-6-5-7-9-16/h5-13,19-20H,14-15H2,1-4H3,(H,26,28)(H,27,30)/t19-,20-/m0/s1. The van der Waals surface area contributed by atoms with Gasteiger partial charge in [-0.3, -0.25) is 4.79 Å². The average molecular weight is 493 g/mol. The van der Waals surface area contributed by atoms with Crippen LogP contribution in [0.4, 0.5) is 4.79 Å². The van der Waals surface area contributed by atoms with Crippen molar-refractivity contribution in [1.29, 1.82) is 0 Å². The van der Waals surface area contributed by atoms with Crippen LogP contribution in [0.1, 0.15) is 26.3 Å². The van der Waals surface area contributed by atoms with Gasteiger partial charge >= 0.3 is 12.1 Å². The summed E-state index contributed by atoms with van der Waals surface area (Å²) in [7, 11) is 1.26. The molecule has 0 saturated heterocycles. The molecule has 2 aromatic carbocycles. The largest absolute Gasteiger partial charge is 0.467 e. The predicted octanol–water partition coefficient (Wildman–Crippen LogP) is 4.23. The molecule has 7 nitrogen and oxygen atoms in total. The number of carbonyl (C=O) groups is 3. The van der Waals surface area contributed by atoms with E-state index in [9.17, 15) is 14.4 Å². The summed E-state index contributed by atoms with van der Waals surface area (Å²) < 4.78 is 10.2. The molecule has 2 amide bonds. The lowest BCUT2D eigenvalue weighted by molar-refractivity contribution is -0.145. The van der Waals surface area contributed by atoms with Crippen LogP contribution in [0, 0.1) is 0 Å². The molecule has 2 atom stereocenters. The number of nitrogens with one attached hydrogen (secondary N) is 2. The number of hydrogen-bond donors (Lipinski definition) is 2. The number of esters is 1. The Morgan fingerprint density at radius 2 is 1.61 bits per heavy atom. The van der Waals surface area contributed by atoms with E-state index in [1.807, 2.05) is 42.5 Å². The van der Waals surface area contributed by atoms with Crippen molar-refractivity contribution in [2.24, 2.45) is 0 Å². The molecule has 0 unspecified atom stereocenters. The Kier molecular flexibility index (Phi) is 10.1. The van der Waals surface area contributed by atoms with E-state index in [1.54, 1.807) is 32.9 Å². The Morgan fingerprint density at radius 1 is 0.970 bits per heavy atom. The van der Waals surface area contributed by atoms with Crippen LogP contribution in [-0.4, -0.2) is 48.5 Å².